The molecule has 0 N–H and O–H groups in total. The fraction of sp³-hybridized carbons (Fsp3) is 0.143. The highest BCUT2D eigenvalue weighted by atomic mass is 16.6. The highest BCUT2D eigenvalue weighted by Crippen LogP contribution is 2.48. The lowest BCUT2D eigenvalue weighted by Crippen LogP contribution is -2.35. The van der Waals surface area contributed by atoms with Gasteiger partial charge in [0, 0.05) is 35.7 Å². The van der Waals surface area contributed by atoms with Gasteiger partial charge in [-0.1, -0.05) is 182 Å². The molecule has 76 heavy (non-hydrogen) atoms. The maximum atomic E-state index is 14.6. The van der Waals surface area contributed by atoms with Gasteiger partial charge in [0.15, 0.2) is 23.8 Å². The Bertz CT molecular complexity index is 3290. The fourth-order valence-electron chi connectivity index (χ4n) is 8.55. The molecule has 10 rings (SSSR count). The summed E-state index contributed by atoms with van der Waals surface area (Å²) in [6.45, 7) is 1.06. The van der Waals surface area contributed by atoms with Crippen molar-refractivity contribution in [3.63, 3.8) is 0 Å². The van der Waals surface area contributed by atoms with E-state index in [-0.39, 0.29) is 57.4 Å². The molecule has 13 nitrogen and oxygen atoms in total. The Morgan fingerprint density at radius 2 is 0.908 bits per heavy atom. The number of carbonyl (C=O) groups excluding carboxylic acids is 1. The van der Waals surface area contributed by atoms with Crippen LogP contribution >= 0.6 is 0 Å². The molecule has 0 radical (unpaired) electrons. The van der Waals surface area contributed by atoms with Crippen LogP contribution in [0.3, 0.4) is 0 Å². The Morgan fingerprint density at radius 3 is 1.36 bits per heavy atom. The van der Waals surface area contributed by atoms with E-state index < -0.39 is 28.9 Å². The van der Waals surface area contributed by atoms with E-state index in [9.17, 15) is 14.9 Å². The monoisotopic (exact) mass is 1010 g/mol. The van der Waals surface area contributed by atoms with Crippen LogP contribution in [0.2, 0.25) is 0 Å². The summed E-state index contributed by atoms with van der Waals surface area (Å²) in [4.78, 5) is 30.2. The van der Waals surface area contributed by atoms with Crippen molar-refractivity contribution in [2.24, 2.45) is 0 Å². The molecule has 13 heteroatoms. The number of fused-ring (bicyclic) bond motifs is 1. The average Bonchev–Trinajstić information content (AvgIpc) is 3.50. The van der Waals surface area contributed by atoms with Crippen molar-refractivity contribution >= 4 is 11.8 Å². The molecule has 0 amide bonds. The number of esters is 1. The van der Waals surface area contributed by atoms with Gasteiger partial charge in [-0.2, -0.15) is 0 Å². The first kappa shape index (κ1) is 49.9. The van der Waals surface area contributed by atoms with Crippen LogP contribution in [0.1, 0.15) is 61.0 Å². The van der Waals surface area contributed by atoms with E-state index in [0.717, 1.165) is 39.6 Å². The van der Waals surface area contributed by atoms with E-state index in [4.69, 9.17) is 37.9 Å². The van der Waals surface area contributed by atoms with Gasteiger partial charge in [-0.25, -0.2) is 4.79 Å². The second-order valence-electron chi connectivity index (χ2n) is 17.9. The molecule has 8 aromatic carbocycles. The van der Waals surface area contributed by atoms with E-state index in [1.807, 2.05) is 206 Å². The second kappa shape index (κ2) is 24.4. The second-order valence-corrected chi connectivity index (χ2v) is 17.9. The lowest BCUT2D eigenvalue weighted by atomic mass is 9.93. The van der Waals surface area contributed by atoms with E-state index in [1.165, 1.54) is 6.07 Å². The predicted octanol–water partition coefficient (Wildman–Crippen LogP) is 13.4. The van der Waals surface area contributed by atoms with Crippen LogP contribution in [0.25, 0.3) is 0 Å². The standard InChI is InChI=1S/C63H52N2O11/c66-63(51-33-59(62(64-37-51)65(67)68)73-42-48-27-15-5-16-28-48)76-58-36-53-54(70-39-45-21-9-2-10-22-45)34-52(69-38-44-19-7-1-8-20-44)35-55(53)75-60(58)50-31-56(71-40-46-23-11-3-12-24-46)61(74-43-49-29-17-6-18-30-49)57(32-50)72-41-47-25-13-4-14-26-47/h1-35,37,58,60H,36,38-43H2/t58-,60+/m1/s1. The normalized spacial score (nSPS) is 13.5. The minimum absolute atomic E-state index is 0.00555. The van der Waals surface area contributed by atoms with Gasteiger partial charge in [-0.15, -0.1) is 0 Å². The molecule has 0 bridgehead atoms. The van der Waals surface area contributed by atoms with Crippen LogP contribution < -0.4 is 33.2 Å². The largest absolute Gasteiger partial charge is 0.489 e. The van der Waals surface area contributed by atoms with Crippen LogP contribution in [0.15, 0.2) is 219 Å². The molecule has 0 aliphatic carbocycles. The first-order valence-corrected chi connectivity index (χ1v) is 24.8. The maximum absolute atomic E-state index is 14.6. The predicted molar refractivity (Wildman–Crippen MR) is 285 cm³/mol. The maximum Gasteiger partial charge on any atom is 0.406 e. The Kier molecular flexibility index (Phi) is 16.0. The molecule has 2 atom stereocenters. The van der Waals surface area contributed by atoms with Gasteiger partial charge in [-0.3, -0.25) is 0 Å². The van der Waals surface area contributed by atoms with Crippen LogP contribution in [-0.2, 0) is 50.8 Å². The van der Waals surface area contributed by atoms with Gasteiger partial charge in [0.1, 0.15) is 68.6 Å². The zero-order valence-electron chi connectivity index (χ0n) is 41.3. The Morgan fingerprint density at radius 1 is 0.500 bits per heavy atom. The number of hydrogen-bond acceptors (Lipinski definition) is 12. The highest BCUT2D eigenvalue weighted by Gasteiger charge is 2.39. The summed E-state index contributed by atoms with van der Waals surface area (Å²) in [6, 6.07) is 66.6. The van der Waals surface area contributed by atoms with Gasteiger partial charge in [0.25, 0.3) is 0 Å². The number of pyridine rings is 1. The highest BCUT2D eigenvalue weighted by molar-refractivity contribution is 5.90. The number of ether oxygens (including phenoxy) is 8. The molecule has 0 saturated heterocycles. The number of nitrogens with zero attached hydrogens (tertiary/aromatic N) is 2. The van der Waals surface area contributed by atoms with Gasteiger partial charge < -0.3 is 48.0 Å². The molecule has 2 heterocycles. The summed E-state index contributed by atoms with van der Waals surface area (Å²) < 4.78 is 52.6. The van der Waals surface area contributed by atoms with Crippen molar-refractivity contribution in [2.45, 2.75) is 58.3 Å². The van der Waals surface area contributed by atoms with Crippen molar-refractivity contribution in [3.8, 4) is 40.2 Å². The Hall–Kier alpha value is -9.62. The van der Waals surface area contributed by atoms with Crippen molar-refractivity contribution in [2.75, 3.05) is 0 Å². The summed E-state index contributed by atoms with van der Waals surface area (Å²) in [6.07, 6.45) is -0.876. The average molecular weight is 1010 g/mol. The Balaban J connectivity index is 1.07. The molecule has 1 aliphatic rings. The number of aromatic nitrogens is 1. The van der Waals surface area contributed by atoms with E-state index in [2.05, 4.69) is 4.98 Å². The third kappa shape index (κ3) is 12.9. The van der Waals surface area contributed by atoms with Crippen LogP contribution in [0, 0.1) is 10.1 Å². The minimum Gasteiger partial charge on any atom is -0.489 e. The van der Waals surface area contributed by atoms with Crippen molar-refractivity contribution in [3.05, 3.63) is 279 Å². The number of carbonyl (C=O) groups is 1. The third-order valence-corrected chi connectivity index (χ3v) is 12.4. The molecular formula is C63H52N2O11. The zero-order valence-corrected chi connectivity index (χ0v) is 41.3. The Labute approximate surface area is 439 Å². The van der Waals surface area contributed by atoms with Crippen molar-refractivity contribution in [1.29, 1.82) is 0 Å². The quantitative estimate of drug-likeness (QED) is 0.0362. The summed E-state index contributed by atoms with van der Waals surface area (Å²) >= 11 is 0. The van der Waals surface area contributed by atoms with Crippen molar-refractivity contribution in [1.82, 2.24) is 4.98 Å². The van der Waals surface area contributed by atoms with Gasteiger partial charge in [-0.05, 0) is 55.4 Å². The van der Waals surface area contributed by atoms with Gasteiger partial charge >= 0.3 is 11.8 Å². The molecule has 0 fully saturated rings. The molecule has 1 aliphatic heterocycles. The molecule has 0 spiro atoms. The molecule has 0 saturated carbocycles. The smallest absolute Gasteiger partial charge is 0.406 e. The number of rotatable bonds is 22. The molecule has 9 aromatic rings. The van der Waals surface area contributed by atoms with Gasteiger partial charge in [0.05, 0.1) is 0 Å². The first-order valence-electron chi connectivity index (χ1n) is 24.8. The molecular weight excluding hydrogens is 961 g/mol. The zero-order chi connectivity index (χ0) is 51.9. The summed E-state index contributed by atoms with van der Waals surface area (Å²) in [5.41, 5.74) is 6.49. The minimum atomic E-state index is -1.06. The summed E-state index contributed by atoms with van der Waals surface area (Å²) in [7, 11) is 0. The first-order chi connectivity index (χ1) is 37.4. The fourth-order valence-corrected chi connectivity index (χ4v) is 8.55. The lowest BCUT2D eigenvalue weighted by Gasteiger charge is -2.35. The summed E-state index contributed by atoms with van der Waals surface area (Å²) in [5, 5.41) is 12.2. The number of nitro groups is 1. The van der Waals surface area contributed by atoms with E-state index in [0.29, 0.717) is 45.6 Å². The van der Waals surface area contributed by atoms with Gasteiger partial charge in [0.2, 0.25) is 11.5 Å². The SMILES string of the molecule is O=C(O[C@@H]1Cc2c(OCc3ccccc3)cc(OCc3ccccc3)cc2O[C@H]1c1cc(OCc2ccccc2)c(OCc2ccccc2)c(OCc2ccccc2)c1)c1cnc([N+](=O)[O-])c(OCc2ccccc2)c1. The van der Waals surface area contributed by atoms with E-state index in [1.54, 1.807) is 0 Å². The summed E-state index contributed by atoms with van der Waals surface area (Å²) in [5.74, 6) is 0.872. The van der Waals surface area contributed by atoms with Crippen LogP contribution in [0.5, 0.6) is 40.2 Å². The number of benzene rings is 8. The topological polar surface area (TPSA) is 147 Å². The molecule has 1 aromatic heterocycles. The molecule has 380 valence electrons. The van der Waals surface area contributed by atoms with E-state index >= 15 is 0 Å². The third-order valence-electron chi connectivity index (χ3n) is 12.4. The lowest BCUT2D eigenvalue weighted by molar-refractivity contribution is -0.390. The van der Waals surface area contributed by atoms with Crippen LogP contribution in [-0.4, -0.2) is 22.0 Å². The van der Waals surface area contributed by atoms with Crippen LogP contribution in [0.4, 0.5) is 5.82 Å². The van der Waals surface area contributed by atoms with Crippen molar-refractivity contribution < 1.29 is 47.6 Å². The number of hydrogen-bond donors (Lipinski definition) is 0. The molecule has 0 unspecified atom stereocenters.